The second kappa shape index (κ2) is 7.04. The molecule has 1 N–H and O–H groups in total. The van der Waals surface area contributed by atoms with Crippen LogP contribution < -0.4 is 5.32 Å². The fourth-order valence-corrected chi connectivity index (χ4v) is 2.27. The van der Waals surface area contributed by atoms with Gasteiger partial charge < -0.3 is 15.0 Å². The minimum atomic E-state index is -0.304. The fourth-order valence-electron chi connectivity index (χ4n) is 2.27. The van der Waals surface area contributed by atoms with Gasteiger partial charge in [-0.15, -0.1) is 0 Å². The second-order valence-electron chi connectivity index (χ2n) is 5.14. The Balaban J connectivity index is 1.91. The largest absolute Gasteiger partial charge is 0.378 e. The van der Waals surface area contributed by atoms with Crippen LogP contribution in [0, 0.1) is 13.8 Å². The van der Waals surface area contributed by atoms with Crippen LogP contribution in [-0.2, 0) is 14.3 Å². The summed E-state index contributed by atoms with van der Waals surface area (Å²) in [5.41, 5.74) is 2.90. The predicted octanol–water partition coefficient (Wildman–Crippen LogP) is 1.66. The molecule has 0 radical (unpaired) electrons. The molecule has 112 valence electrons. The Hall–Kier alpha value is -2.14. The van der Waals surface area contributed by atoms with E-state index in [2.05, 4.69) is 5.32 Å². The van der Waals surface area contributed by atoms with Gasteiger partial charge in [-0.2, -0.15) is 0 Å². The Kier molecular flexibility index (Phi) is 5.11. The van der Waals surface area contributed by atoms with Crippen molar-refractivity contribution in [3.63, 3.8) is 0 Å². The molecule has 0 aliphatic carbocycles. The van der Waals surface area contributed by atoms with Crippen molar-refractivity contribution < 1.29 is 14.3 Å². The number of hydrogen-bond donors (Lipinski definition) is 1. The molecular weight excluding hydrogens is 268 g/mol. The molecule has 1 aliphatic heterocycles. The number of carbonyl (C=O) groups excluding carboxylic acids is 2. The average Bonchev–Trinajstić information content (AvgIpc) is 2.44. The first kappa shape index (κ1) is 15.3. The van der Waals surface area contributed by atoms with Gasteiger partial charge >= 0.3 is 0 Å². The van der Waals surface area contributed by atoms with Gasteiger partial charge in [-0.1, -0.05) is 6.07 Å². The molecule has 5 nitrogen and oxygen atoms in total. The summed E-state index contributed by atoms with van der Waals surface area (Å²) in [5.74, 6) is -0.463. The third-order valence-corrected chi connectivity index (χ3v) is 3.19. The number of rotatable bonds is 3. The number of carbonyl (C=O) groups is 2. The van der Waals surface area contributed by atoms with Crippen molar-refractivity contribution in [1.82, 2.24) is 4.90 Å². The van der Waals surface area contributed by atoms with Crippen LogP contribution in [0.25, 0.3) is 0 Å². The zero-order chi connectivity index (χ0) is 15.2. The summed E-state index contributed by atoms with van der Waals surface area (Å²) in [7, 11) is 0. The molecule has 1 heterocycles. The van der Waals surface area contributed by atoms with Crippen molar-refractivity contribution in [2.45, 2.75) is 13.8 Å². The Morgan fingerprint density at radius 3 is 2.33 bits per heavy atom. The fraction of sp³-hybridized carbons (Fsp3) is 0.375. The summed E-state index contributed by atoms with van der Waals surface area (Å²) in [6.07, 6.45) is 2.58. The lowest BCUT2D eigenvalue weighted by Gasteiger charge is -2.25. The van der Waals surface area contributed by atoms with Crippen molar-refractivity contribution >= 4 is 17.5 Å². The number of morpholine rings is 1. The third kappa shape index (κ3) is 4.72. The maximum absolute atomic E-state index is 11.9. The first-order valence-electron chi connectivity index (χ1n) is 6.98. The number of benzene rings is 1. The van der Waals surface area contributed by atoms with E-state index in [0.29, 0.717) is 26.3 Å². The molecule has 0 aromatic heterocycles. The van der Waals surface area contributed by atoms with Crippen LogP contribution in [0.3, 0.4) is 0 Å². The zero-order valence-corrected chi connectivity index (χ0v) is 12.4. The Morgan fingerprint density at radius 1 is 1.10 bits per heavy atom. The second-order valence-corrected chi connectivity index (χ2v) is 5.14. The number of amides is 2. The monoisotopic (exact) mass is 288 g/mol. The summed E-state index contributed by atoms with van der Waals surface area (Å²) in [6.45, 7) is 6.19. The number of nitrogens with zero attached hydrogens (tertiary/aromatic N) is 1. The SMILES string of the molecule is Cc1cc(C)cc(NC(=O)C=CC(=O)N2CCOCC2)c1. The van der Waals surface area contributed by atoms with E-state index in [0.717, 1.165) is 16.8 Å². The van der Waals surface area contributed by atoms with Gasteiger partial charge in [-0.25, -0.2) is 0 Å². The summed E-state index contributed by atoms with van der Waals surface area (Å²) >= 11 is 0. The Labute approximate surface area is 124 Å². The van der Waals surface area contributed by atoms with Gasteiger partial charge in [-0.3, -0.25) is 9.59 Å². The Bertz CT molecular complexity index is 540. The highest BCUT2D eigenvalue weighted by molar-refractivity contribution is 6.03. The van der Waals surface area contributed by atoms with E-state index in [9.17, 15) is 9.59 Å². The minimum Gasteiger partial charge on any atom is -0.378 e. The number of anilines is 1. The molecule has 0 bridgehead atoms. The van der Waals surface area contributed by atoms with Gasteiger partial charge in [0.1, 0.15) is 0 Å². The van der Waals surface area contributed by atoms with Crippen molar-refractivity contribution in [1.29, 1.82) is 0 Å². The highest BCUT2D eigenvalue weighted by Crippen LogP contribution is 2.13. The van der Waals surface area contributed by atoms with Crippen LogP contribution in [0.5, 0.6) is 0 Å². The van der Waals surface area contributed by atoms with Crippen LogP contribution in [0.4, 0.5) is 5.69 Å². The van der Waals surface area contributed by atoms with Gasteiger partial charge in [0.25, 0.3) is 0 Å². The van der Waals surface area contributed by atoms with E-state index in [4.69, 9.17) is 4.74 Å². The third-order valence-electron chi connectivity index (χ3n) is 3.19. The molecule has 1 aromatic rings. The summed E-state index contributed by atoms with van der Waals surface area (Å²) in [6, 6.07) is 5.82. The van der Waals surface area contributed by atoms with Crippen LogP contribution in [0.2, 0.25) is 0 Å². The molecule has 1 fully saturated rings. The molecule has 0 saturated carbocycles. The molecule has 5 heteroatoms. The van der Waals surface area contributed by atoms with Gasteiger partial charge in [-0.05, 0) is 37.1 Å². The van der Waals surface area contributed by atoms with E-state index >= 15 is 0 Å². The molecule has 1 aromatic carbocycles. The molecule has 0 unspecified atom stereocenters. The van der Waals surface area contributed by atoms with Crippen LogP contribution in [0.1, 0.15) is 11.1 Å². The van der Waals surface area contributed by atoms with Crippen molar-refractivity contribution in [3.8, 4) is 0 Å². The molecule has 2 rings (SSSR count). The average molecular weight is 288 g/mol. The normalized spacial score (nSPS) is 15.2. The van der Waals surface area contributed by atoms with Gasteiger partial charge in [0.15, 0.2) is 0 Å². The number of nitrogens with one attached hydrogen (secondary N) is 1. The summed E-state index contributed by atoms with van der Waals surface area (Å²) in [4.78, 5) is 25.4. The molecule has 1 saturated heterocycles. The predicted molar refractivity (Wildman–Crippen MR) is 81.1 cm³/mol. The quantitative estimate of drug-likeness (QED) is 0.861. The zero-order valence-electron chi connectivity index (χ0n) is 12.4. The lowest BCUT2D eigenvalue weighted by Crippen LogP contribution is -2.39. The lowest BCUT2D eigenvalue weighted by molar-refractivity contribution is -0.130. The van der Waals surface area contributed by atoms with E-state index < -0.39 is 0 Å². The highest BCUT2D eigenvalue weighted by Gasteiger charge is 2.14. The van der Waals surface area contributed by atoms with E-state index in [1.165, 1.54) is 12.2 Å². The van der Waals surface area contributed by atoms with Gasteiger partial charge in [0.05, 0.1) is 13.2 Å². The first-order valence-corrected chi connectivity index (χ1v) is 6.98. The Morgan fingerprint density at radius 2 is 1.71 bits per heavy atom. The smallest absolute Gasteiger partial charge is 0.248 e. The van der Waals surface area contributed by atoms with Crippen molar-refractivity contribution in [2.75, 3.05) is 31.6 Å². The molecule has 21 heavy (non-hydrogen) atoms. The number of hydrogen-bond acceptors (Lipinski definition) is 3. The van der Waals surface area contributed by atoms with Crippen molar-refractivity contribution in [3.05, 3.63) is 41.5 Å². The lowest BCUT2D eigenvalue weighted by atomic mass is 10.1. The van der Waals surface area contributed by atoms with Crippen LogP contribution in [0.15, 0.2) is 30.4 Å². The van der Waals surface area contributed by atoms with Crippen LogP contribution in [-0.4, -0.2) is 43.0 Å². The van der Waals surface area contributed by atoms with Crippen molar-refractivity contribution in [2.24, 2.45) is 0 Å². The molecule has 0 spiro atoms. The standard InChI is InChI=1S/C16H20N2O3/c1-12-9-13(2)11-14(10-12)17-15(19)3-4-16(20)18-5-7-21-8-6-18/h3-4,9-11H,5-8H2,1-2H3,(H,17,19). The molecule has 1 aliphatic rings. The molecule has 2 amide bonds. The number of ether oxygens (including phenoxy) is 1. The highest BCUT2D eigenvalue weighted by atomic mass is 16.5. The van der Waals surface area contributed by atoms with E-state index in [1.807, 2.05) is 32.0 Å². The van der Waals surface area contributed by atoms with E-state index in [1.54, 1.807) is 4.90 Å². The topological polar surface area (TPSA) is 58.6 Å². The minimum absolute atomic E-state index is 0.158. The molecular formula is C16H20N2O3. The maximum Gasteiger partial charge on any atom is 0.248 e. The summed E-state index contributed by atoms with van der Waals surface area (Å²) in [5, 5.41) is 2.76. The first-order chi connectivity index (χ1) is 10.0. The van der Waals surface area contributed by atoms with E-state index in [-0.39, 0.29) is 11.8 Å². The van der Waals surface area contributed by atoms with Gasteiger partial charge in [0.2, 0.25) is 11.8 Å². The van der Waals surface area contributed by atoms with Crippen LogP contribution >= 0.6 is 0 Å². The summed E-state index contributed by atoms with van der Waals surface area (Å²) < 4.78 is 5.18. The molecule has 0 atom stereocenters. The number of aryl methyl sites for hydroxylation is 2. The van der Waals surface area contributed by atoms with Gasteiger partial charge in [0, 0.05) is 30.9 Å². The maximum atomic E-state index is 11.9.